The van der Waals surface area contributed by atoms with Gasteiger partial charge in [0.15, 0.2) is 0 Å². The molecule has 6 nitrogen and oxygen atoms in total. The lowest BCUT2D eigenvalue weighted by atomic mass is 9.95. The molecule has 2 aromatic carbocycles. The summed E-state index contributed by atoms with van der Waals surface area (Å²) >= 11 is 1.90. The molecule has 0 bridgehead atoms. The summed E-state index contributed by atoms with van der Waals surface area (Å²) in [5.41, 5.74) is 5.92. The third-order valence-corrected chi connectivity index (χ3v) is 8.86. The van der Waals surface area contributed by atoms with Crippen LogP contribution in [0.1, 0.15) is 58.6 Å². The molecule has 2 amide bonds. The minimum absolute atomic E-state index is 0.0805. The average molecular weight is 528 g/mol. The molecule has 2 aliphatic rings. The van der Waals surface area contributed by atoms with Gasteiger partial charge in [0.25, 0.3) is 0 Å². The second kappa shape index (κ2) is 10.6. The van der Waals surface area contributed by atoms with Gasteiger partial charge in [-0.25, -0.2) is 4.79 Å². The first-order valence-electron chi connectivity index (χ1n) is 13.4. The Labute approximate surface area is 227 Å². The number of aromatic nitrogens is 1. The van der Waals surface area contributed by atoms with Gasteiger partial charge in [-0.05, 0) is 85.7 Å². The van der Waals surface area contributed by atoms with E-state index in [-0.39, 0.29) is 12.1 Å². The number of ether oxygens (including phenoxy) is 2. The maximum atomic E-state index is 14.0. The van der Waals surface area contributed by atoms with Gasteiger partial charge in [-0.2, -0.15) is 0 Å². The molecule has 1 aliphatic heterocycles. The Morgan fingerprint density at radius 1 is 1.03 bits per heavy atom. The van der Waals surface area contributed by atoms with Crippen molar-refractivity contribution < 1.29 is 14.3 Å². The van der Waals surface area contributed by atoms with Crippen LogP contribution in [-0.4, -0.2) is 29.2 Å². The first-order valence-corrected chi connectivity index (χ1v) is 14.2. The molecule has 0 unspecified atom stereocenters. The summed E-state index contributed by atoms with van der Waals surface area (Å²) in [6.07, 6.45) is 6.82. The lowest BCUT2D eigenvalue weighted by molar-refractivity contribution is 0.180. The van der Waals surface area contributed by atoms with Crippen LogP contribution in [0.25, 0.3) is 5.00 Å². The van der Waals surface area contributed by atoms with Crippen LogP contribution in [0.5, 0.6) is 11.5 Å². The van der Waals surface area contributed by atoms with E-state index in [0.717, 1.165) is 41.2 Å². The lowest BCUT2D eigenvalue weighted by Gasteiger charge is -2.31. The van der Waals surface area contributed by atoms with Gasteiger partial charge in [0, 0.05) is 23.2 Å². The number of carbonyl (C=O) groups is 1. The van der Waals surface area contributed by atoms with Crippen LogP contribution < -0.4 is 14.8 Å². The molecular formula is C31H33N3O3S. The van der Waals surface area contributed by atoms with Crippen molar-refractivity contribution in [3.05, 3.63) is 99.7 Å². The number of urea groups is 1. The van der Waals surface area contributed by atoms with Crippen molar-refractivity contribution in [3.8, 4) is 16.5 Å². The van der Waals surface area contributed by atoms with E-state index >= 15 is 0 Å². The number of nitrogens with one attached hydrogen (secondary N) is 1. The quantitative estimate of drug-likeness (QED) is 0.306. The van der Waals surface area contributed by atoms with Crippen molar-refractivity contribution in [1.82, 2.24) is 14.8 Å². The number of hydrogen-bond acceptors (Lipinski definition) is 4. The van der Waals surface area contributed by atoms with Gasteiger partial charge >= 0.3 is 6.03 Å². The number of amides is 2. The van der Waals surface area contributed by atoms with Crippen LogP contribution in [0.2, 0.25) is 0 Å². The van der Waals surface area contributed by atoms with Crippen LogP contribution in [0, 0.1) is 0 Å². The molecular weight excluding hydrogens is 494 g/mol. The zero-order chi connectivity index (χ0) is 26.1. The second-order valence-corrected chi connectivity index (χ2v) is 10.9. The fourth-order valence-corrected chi connectivity index (χ4v) is 7.12. The van der Waals surface area contributed by atoms with Crippen molar-refractivity contribution in [3.63, 3.8) is 0 Å². The average Bonchev–Trinajstić information content (AvgIpc) is 3.54. The molecule has 1 N–H and O–H groups in total. The maximum absolute atomic E-state index is 14.0. The van der Waals surface area contributed by atoms with Crippen LogP contribution in [-0.2, 0) is 25.9 Å². The standard InChI is InChI=1S/C31H33N3O3S/c1-3-37-23-15-13-22(14-16-23)29-27-11-7-17-33(27)30-26(25-10-4-5-12-28(25)38-30)20-34(29)31(35)32-19-21-8-6-9-24(18-21)36-2/h6-9,11,13-18,29H,3-5,10,12,19-20H2,1-2H3,(H,32,35)/t29-/m1/s1. The van der Waals surface area contributed by atoms with E-state index in [4.69, 9.17) is 9.47 Å². The highest BCUT2D eigenvalue weighted by atomic mass is 32.1. The number of benzene rings is 2. The molecule has 0 saturated carbocycles. The summed E-state index contributed by atoms with van der Waals surface area (Å²) in [5.74, 6) is 1.62. The molecule has 6 rings (SSSR count). The Bertz CT molecular complexity index is 1440. The SMILES string of the molecule is CCOc1ccc([C@@H]2c3cccn3-c3sc4c(c3CN2C(=O)NCc2cccc(OC)c2)CCCC4)cc1. The van der Waals surface area contributed by atoms with Gasteiger partial charge in [0.1, 0.15) is 16.5 Å². The third kappa shape index (κ3) is 4.56. The Kier molecular flexibility index (Phi) is 6.85. The summed E-state index contributed by atoms with van der Waals surface area (Å²) in [5, 5.41) is 4.47. The summed E-state index contributed by atoms with van der Waals surface area (Å²) in [7, 11) is 1.66. The van der Waals surface area contributed by atoms with Crippen LogP contribution in [0.15, 0.2) is 66.9 Å². The molecule has 2 aromatic heterocycles. The predicted molar refractivity (Wildman–Crippen MR) is 151 cm³/mol. The molecule has 0 spiro atoms. The predicted octanol–water partition coefficient (Wildman–Crippen LogP) is 6.64. The maximum Gasteiger partial charge on any atom is 0.318 e. The van der Waals surface area contributed by atoms with Crippen LogP contribution in [0.3, 0.4) is 0 Å². The van der Waals surface area contributed by atoms with Gasteiger partial charge < -0.3 is 24.3 Å². The fourth-order valence-electron chi connectivity index (χ4n) is 5.71. The largest absolute Gasteiger partial charge is 0.497 e. The molecule has 0 radical (unpaired) electrons. The van der Waals surface area contributed by atoms with E-state index in [2.05, 4.69) is 40.3 Å². The van der Waals surface area contributed by atoms with Gasteiger partial charge in [-0.1, -0.05) is 24.3 Å². The minimum Gasteiger partial charge on any atom is -0.497 e. The summed E-state index contributed by atoms with van der Waals surface area (Å²) < 4.78 is 13.4. The summed E-state index contributed by atoms with van der Waals surface area (Å²) in [6.45, 7) is 3.61. The van der Waals surface area contributed by atoms with E-state index < -0.39 is 0 Å². The van der Waals surface area contributed by atoms with Gasteiger partial charge in [0.05, 0.1) is 32.0 Å². The lowest BCUT2D eigenvalue weighted by Crippen LogP contribution is -2.41. The fraction of sp³-hybridized carbons (Fsp3) is 0.323. The number of thiophene rings is 1. The number of aryl methyl sites for hydroxylation is 1. The first kappa shape index (κ1) is 24.6. The highest BCUT2D eigenvalue weighted by Gasteiger charge is 2.36. The third-order valence-electron chi connectivity index (χ3n) is 7.52. The van der Waals surface area contributed by atoms with Crippen LogP contribution >= 0.6 is 11.3 Å². The molecule has 196 valence electrons. The Morgan fingerprint density at radius 2 is 1.87 bits per heavy atom. The van der Waals surface area contributed by atoms with Gasteiger partial charge in [-0.15, -0.1) is 11.3 Å². The molecule has 0 fully saturated rings. The molecule has 38 heavy (non-hydrogen) atoms. The molecule has 7 heteroatoms. The number of fused-ring (bicyclic) bond motifs is 5. The van der Waals surface area contributed by atoms with E-state index in [0.29, 0.717) is 19.7 Å². The Hall–Kier alpha value is -3.71. The number of carbonyl (C=O) groups excluding carboxylic acids is 1. The molecule has 0 saturated heterocycles. The van der Waals surface area contributed by atoms with Gasteiger partial charge in [0.2, 0.25) is 0 Å². The molecule has 1 aliphatic carbocycles. The zero-order valence-corrected chi connectivity index (χ0v) is 22.7. The molecule has 3 heterocycles. The first-order chi connectivity index (χ1) is 18.7. The summed E-state index contributed by atoms with van der Waals surface area (Å²) in [6, 6.07) is 19.9. The molecule has 1 atom stereocenters. The van der Waals surface area contributed by atoms with Gasteiger partial charge in [-0.3, -0.25) is 0 Å². The van der Waals surface area contributed by atoms with Crippen LogP contribution in [0.4, 0.5) is 4.79 Å². The number of hydrogen-bond donors (Lipinski definition) is 1. The number of methoxy groups -OCH3 is 1. The summed E-state index contributed by atoms with van der Waals surface area (Å²) in [4.78, 5) is 17.5. The van der Waals surface area contributed by atoms with Crippen molar-refractivity contribution in [2.24, 2.45) is 0 Å². The van der Waals surface area contributed by atoms with Crippen molar-refractivity contribution in [2.45, 2.75) is 51.7 Å². The topological polar surface area (TPSA) is 55.7 Å². The number of nitrogens with zero attached hydrogens (tertiary/aromatic N) is 2. The van der Waals surface area contributed by atoms with Crippen molar-refractivity contribution in [1.29, 1.82) is 0 Å². The smallest absolute Gasteiger partial charge is 0.318 e. The Morgan fingerprint density at radius 3 is 2.68 bits per heavy atom. The normalized spacial score (nSPS) is 16.2. The number of rotatable bonds is 6. The van der Waals surface area contributed by atoms with E-state index in [1.165, 1.54) is 33.8 Å². The molecule has 4 aromatic rings. The Balaban J connectivity index is 1.40. The highest BCUT2D eigenvalue weighted by molar-refractivity contribution is 7.15. The minimum atomic E-state index is -0.232. The zero-order valence-electron chi connectivity index (χ0n) is 21.9. The second-order valence-electron chi connectivity index (χ2n) is 9.84. The van der Waals surface area contributed by atoms with Crippen molar-refractivity contribution in [2.75, 3.05) is 13.7 Å². The monoisotopic (exact) mass is 527 g/mol. The van der Waals surface area contributed by atoms with Crippen molar-refractivity contribution >= 4 is 17.4 Å². The van der Waals surface area contributed by atoms with E-state index in [1.54, 1.807) is 7.11 Å². The van der Waals surface area contributed by atoms with E-state index in [9.17, 15) is 4.79 Å². The highest BCUT2D eigenvalue weighted by Crippen LogP contribution is 2.44. The van der Waals surface area contributed by atoms with E-state index in [1.807, 2.05) is 59.6 Å².